The molecule has 358 valence electrons. The summed E-state index contributed by atoms with van der Waals surface area (Å²) in [5.74, 6) is -1.10. The summed E-state index contributed by atoms with van der Waals surface area (Å²) in [4.78, 5) is 88.0. The van der Waals surface area contributed by atoms with Crippen LogP contribution in [0.25, 0.3) is 11.2 Å². The molecule has 0 aliphatic carbocycles. The highest BCUT2D eigenvalue weighted by Gasteiger charge is 2.50. The summed E-state index contributed by atoms with van der Waals surface area (Å²) in [5.41, 5.74) is 4.28. The minimum atomic E-state index is -5.57. The highest BCUT2D eigenvalue weighted by Crippen LogP contribution is 2.61. The first kappa shape index (κ1) is 54.6. The number of amides is 2. The number of fused-ring (bicyclic) bond motifs is 1. The number of anilines is 1. The molecule has 2 aromatic heterocycles. The van der Waals surface area contributed by atoms with Crippen molar-refractivity contribution in [2.24, 2.45) is 5.41 Å². The number of nitrogens with one attached hydrogen (secondary N) is 2. The Hall–Kier alpha value is -2.70. The minimum absolute atomic E-state index is 0.0320. The van der Waals surface area contributed by atoms with Gasteiger partial charge in [-0.05, 0) is 18.9 Å². The van der Waals surface area contributed by atoms with Gasteiger partial charge < -0.3 is 50.9 Å². The minimum Gasteiger partial charge on any atom is -0.386 e. The number of aliphatic hydroxyl groups is 2. The maximum Gasteiger partial charge on any atom is 0.481 e. The van der Waals surface area contributed by atoms with Crippen molar-refractivity contribution >= 4 is 69.1 Å². The van der Waals surface area contributed by atoms with Gasteiger partial charge in [0.1, 0.15) is 36.3 Å². The molecule has 3 heterocycles. The molecule has 0 radical (unpaired) electrons. The SMILES string of the molecule is CCCCCCCCCCC/C=C/C(=O)SCCNC(=O)CCNC(=O)C(O)C(C)(C)COP(=O)(O)OP(=O)(O)OCC1OC(n2cnc3c(N)ncnc32)C(O)C1OP(=O)(O)O. The van der Waals surface area contributed by atoms with Crippen LogP contribution in [-0.2, 0) is 50.7 Å². The van der Waals surface area contributed by atoms with Crippen molar-refractivity contribution in [3.63, 3.8) is 0 Å². The zero-order chi connectivity index (χ0) is 46.8. The number of imidazole rings is 1. The van der Waals surface area contributed by atoms with Gasteiger partial charge in [0.05, 0.1) is 19.5 Å². The third kappa shape index (κ3) is 19.4. The quantitative estimate of drug-likeness (QED) is 0.0308. The van der Waals surface area contributed by atoms with Gasteiger partial charge in [0.15, 0.2) is 17.7 Å². The number of hydrogen-bond acceptors (Lipinski definition) is 18. The van der Waals surface area contributed by atoms with Crippen LogP contribution >= 0.6 is 35.2 Å². The van der Waals surface area contributed by atoms with Crippen molar-refractivity contribution in [1.82, 2.24) is 30.2 Å². The number of nitrogen functional groups attached to an aromatic ring is 1. The predicted molar refractivity (Wildman–Crippen MR) is 228 cm³/mol. The van der Waals surface area contributed by atoms with Crippen molar-refractivity contribution in [2.45, 2.75) is 122 Å². The number of carbonyl (C=O) groups is 3. The van der Waals surface area contributed by atoms with Crippen molar-refractivity contribution in [3.05, 3.63) is 24.8 Å². The molecule has 3 rings (SSSR count). The van der Waals surface area contributed by atoms with Gasteiger partial charge in [-0.2, -0.15) is 4.31 Å². The first-order valence-electron chi connectivity index (χ1n) is 20.3. The third-order valence-electron chi connectivity index (χ3n) is 9.47. The van der Waals surface area contributed by atoms with Crippen LogP contribution in [0.3, 0.4) is 0 Å². The van der Waals surface area contributed by atoms with E-state index in [1.54, 1.807) is 6.08 Å². The van der Waals surface area contributed by atoms with Crippen molar-refractivity contribution in [1.29, 1.82) is 0 Å². The Kier molecular flexibility index (Phi) is 22.4. The molecule has 63 heavy (non-hydrogen) atoms. The number of aromatic nitrogens is 4. The largest absolute Gasteiger partial charge is 0.481 e. The molecule has 2 aromatic rings. The van der Waals surface area contributed by atoms with E-state index in [0.717, 1.165) is 48.2 Å². The number of thioether (sulfide) groups is 1. The summed E-state index contributed by atoms with van der Waals surface area (Å²) in [7, 11) is -16.4. The van der Waals surface area contributed by atoms with Gasteiger partial charge in [0.2, 0.25) is 16.9 Å². The molecule has 28 heteroatoms. The molecule has 10 N–H and O–H groups in total. The average Bonchev–Trinajstić information content (AvgIpc) is 3.76. The molecule has 1 aliphatic heterocycles. The van der Waals surface area contributed by atoms with Crippen LogP contribution in [0.1, 0.15) is 97.6 Å². The molecule has 7 unspecified atom stereocenters. The Morgan fingerprint density at radius 2 is 1.62 bits per heavy atom. The highest BCUT2D eigenvalue weighted by molar-refractivity contribution is 8.14. The van der Waals surface area contributed by atoms with Crippen LogP contribution < -0.4 is 16.4 Å². The standard InChI is InChI=1S/C35H60N7O17P3S/c1-4-5-6-7-8-9-10-11-12-13-14-15-26(44)63-19-18-37-25(43)16-17-38-33(47)30(46)35(2,3)21-56-62(53,54)59-61(51,52)55-20-24-29(58-60(48,49)50)28(45)34(57-24)42-23-41-27-31(36)39-22-40-32(27)42/h14-15,22-24,28-30,34,45-46H,4-13,16-21H2,1-3H3,(H,37,43)(H,38,47)(H,51,52)(H,53,54)(H2,36,39,40)(H2,48,49,50)/b15-14+. The van der Waals surface area contributed by atoms with E-state index >= 15 is 0 Å². The lowest BCUT2D eigenvalue weighted by molar-refractivity contribution is -0.137. The number of allylic oxidation sites excluding steroid dienone is 1. The number of nitrogens with zero attached hydrogens (tertiary/aromatic N) is 4. The first-order chi connectivity index (χ1) is 29.6. The summed E-state index contributed by atoms with van der Waals surface area (Å²) >= 11 is 1.06. The topological polar surface area (TPSA) is 364 Å². The second-order valence-corrected chi connectivity index (χ2v) is 20.6. The van der Waals surface area contributed by atoms with Gasteiger partial charge in [-0.15, -0.1) is 0 Å². The Bertz CT molecular complexity index is 1970. The lowest BCUT2D eigenvalue weighted by Crippen LogP contribution is -2.46. The number of unbranched alkanes of at least 4 members (excludes halogenated alkanes) is 9. The van der Waals surface area contributed by atoms with Crippen LogP contribution in [0.2, 0.25) is 0 Å². The molecule has 1 aliphatic rings. The highest BCUT2D eigenvalue weighted by atomic mass is 32.2. The number of phosphoric acid groups is 3. The van der Waals surface area contributed by atoms with E-state index in [-0.39, 0.29) is 41.6 Å². The molecule has 7 atom stereocenters. The van der Waals surface area contributed by atoms with E-state index in [0.29, 0.717) is 5.75 Å². The summed E-state index contributed by atoms with van der Waals surface area (Å²) < 4.78 is 62.3. The summed E-state index contributed by atoms with van der Waals surface area (Å²) in [6.07, 6.45) is 8.37. The Morgan fingerprint density at radius 3 is 2.29 bits per heavy atom. The van der Waals surface area contributed by atoms with E-state index in [1.165, 1.54) is 58.8 Å². The average molecular weight is 976 g/mol. The molecule has 0 aromatic carbocycles. The molecule has 24 nitrogen and oxygen atoms in total. The lowest BCUT2D eigenvalue weighted by atomic mass is 9.87. The zero-order valence-corrected chi connectivity index (χ0v) is 38.8. The molecule has 2 amide bonds. The fourth-order valence-electron chi connectivity index (χ4n) is 6.08. The van der Waals surface area contributed by atoms with Crippen LogP contribution in [0.15, 0.2) is 24.8 Å². The van der Waals surface area contributed by atoms with Crippen LogP contribution in [-0.4, -0.2) is 123 Å². The zero-order valence-electron chi connectivity index (χ0n) is 35.3. The van der Waals surface area contributed by atoms with Gasteiger partial charge in [-0.25, -0.2) is 28.6 Å². The van der Waals surface area contributed by atoms with Gasteiger partial charge in [0.25, 0.3) is 0 Å². The summed E-state index contributed by atoms with van der Waals surface area (Å²) in [6.45, 7) is 2.72. The van der Waals surface area contributed by atoms with E-state index in [1.807, 2.05) is 6.08 Å². The van der Waals surface area contributed by atoms with E-state index in [2.05, 4.69) is 41.3 Å². The lowest BCUT2D eigenvalue weighted by Gasteiger charge is -2.30. The first-order valence-corrected chi connectivity index (χ1v) is 25.8. The Labute approximate surface area is 368 Å². The predicted octanol–water partition coefficient (Wildman–Crippen LogP) is 3.14. The normalized spacial score (nSPS) is 20.7. The number of phosphoric ester groups is 3. The van der Waals surface area contributed by atoms with E-state index < -0.39 is 84.6 Å². The van der Waals surface area contributed by atoms with Gasteiger partial charge in [-0.3, -0.25) is 32.5 Å². The van der Waals surface area contributed by atoms with Crippen LogP contribution in [0.4, 0.5) is 5.82 Å². The number of rotatable bonds is 30. The van der Waals surface area contributed by atoms with E-state index in [4.69, 9.17) is 19.5 Å². The molecule has 1 fully saturated rings. The molecular weight excluding hydrogens is 915 g/mol. The van der Waals surface area contributed by atoms with Crippen LogP contribution in [0, 0.1) is 5.41 Å². The van der Waals surface area contributed by atoms with Crippen molar-refractivity contribution < 1.29 is 80.5 Å². The second-order valence-electron chi connectivity index (χ2n) is 15.3. The van der Waals surface area contributed by atoms with E-state index in [9.17, 15) is 57.9 Å². The van der Waals surface area contributed by atoms with Crippen LogP contribution in [0.5, 0.6) is 0 Å². The third-order valence-corrected chi connectivity index (χ3v) is 13.4. The maximum atomic E-state index is 12.7. The molecule has 0 saturated carbocycles. The fraction of sp³-hybridized carbons (Fsp3) is 0.714. The Balaban J connectivity index is 1.37. The monoisotopic (exact) mass is 975 g/mol. The van der Waals surface area contributed by atoms with Gasteiger partial charge >= 0.3 is 23.5 Å². The molecule has 1 saturated heterocycles. The summed E-state index contributed by atoms with van der Waals surface area (Å²) in [6, 6.07) is 0. The number of hydrogen-bond donors (Lipinski definition) is 9. The number of aliphatic hydroxyl groups excluding tert-OH is 2. The Morgan fingerprint density at radius 1 is 0.968 bits per heavy atom. The molecule has 0 bridgehead atoms. The molecular formula is C35H60N7O17P3S. The number of ether oxygens (including phenoxy) is 1. The van der Waals surface area contributed by atoms with Gasteiger partial charge in [-0.1, -0.05) is 90.0 Å². The number of carbonyl (C=O) groups excluding carboxylic acids is 3. The summed E-state index contributed by atoms with van der Waals surface area (Å²) in [5, 5.41) is 26.4. The number of nitrogens with two attached hydrogens (primary N) is 1. The molecule has 0 spiro atoms. The smallest absolute Gasteiger partial charge is 0.386 e. The maximum absolute atomic E-state index is 12.7. The van der Waals surface area contributed by atoms with Crippen molar-refractivity contribution in [3.8, 4) is 0 Å². The second kappa shape index (κ2) is 25.9. The van der Waals surface area contributed by atoms with Crippen molar-refractivity contribution in [2.75, 3.05) is 37.8 Å². The van der Waals surface area contributed by atoms with Gasteiger partial charge in [0, 0.05) is 30.7 Å². The fourth-order valence-corrected chi connectivity index (χ4v) is 9.51.